The van der Waals surface area contributed by atoms with Crippen molar-refractivity contribution in [1.82, 2.24) is 0 Å². The fourth-order valence-corrected chi connectivity index (χ4v) is 2.14. The molecule has 0 heterocycles. The molecular formula is C14H26. The fourth-order valence-electron chi connectivity index (χ4n) is 2.14. The van der Waals surface area contributed by atoms with Crippen LogP contribution in [0.5, 0.6) is 0 Å². The van der Waals surface area contributed by atoms with Crippen molar-refractivity contribution in [3.8, 4) is 0 Å². The van der Waals surface area contributed by atoms with Crippen molar-refractivity contribution < 1.29 is 0 Å². The first-order valence-electron chi connectivity index (χ1n) is 6.24. The van der Waals surface area contributed by atoms with Crippen LogP contribution in [0.15, 0.2) is 12.2 Å². The third-order valence-electron chi connectivity index (χ3n) is 4.11. The van der Waals surface area contributed by atoms with Crippen LogP contribution in [0.2, 0.25) is 0 Å². The van der Waals surface area contributed by atoms with Gasteiger partial charge >= 0.3 is 0 Å². The van der Waals surface area contributed by atoms with Crippen molar-refractivity contribution in [3.05, 3.63) is 12.2 Å². The summed E-state index contributed by atoms with van der Waals surface area (Å²) < 4.78 is 0. The molecule has 0 amide bonds. The van der Waals surface area contributed by atoms with Crippen molar-refractivity contribution in [2.45, 2.75) is 47.5 Å². The molecule has 1 saturated carbocycles. The van der Waals surface area contributed by atoms with Gasteiger partial charge in [-0.3, -0.25) is 0 Å². The van der Waals surface area contributed by atoms with Gasteiger partial charge in [0.15, 0.2) is 0 Å². The summed E-state index contributed by atoms with van der Waals surface area (Å²) in [6.45, 7) is 11.7. The van der Waals surface area contributed by atoms with Crippen molar-refractivity contribution in [1.29, 1.82) is 0 Å². The highest BCUT2D eigenvalue weighted by atomic mass is 14.4. The molecule has 14 heavy (non-hydrogen) atoms. The maximum absolute atomic E-state index is 2.45. The lowest BCUT2D eigenvalue weighted by Crippen LogP contribution is -2.04. The van der Waals surface area contributed by atoms with Crippen LogP contribution < -0.4 is 0 Å². The Morgan fingerprint density at radius 2 is 1.79 bits per heavy atom. The summed E-state index contributed by atoms with van der Waals surface area (Å²) in [5, 5.41) is 0. The van der Waals surface area contributed by atoms with E-state index in [0.29, 0.717) is 0 Å². The van der Waals surface area contributed by atoms with Crippen LogP contribution in [0.4, 0.5) is 0 Å². The minimum absolute atomic E-state index is 0.747. The molecule has 5 unspecified atom stereocenters. The monoisotopic (exact) mass is 194 g/mol. The molecule has 0 aliphatic heterocycles. The van der Waals surface area contributed by atoms with E-state index in [1.165, 1.54) is 12.8 Å². The number of hydrogen-bond acceptors (Lipinski definition) is 0. The second-order valence-corrected chi connectivity index (χ2v) is 5.37. The van der Waals surface area contributed by atoms with Crippen LogP contribution in [-0.2, 0) is 0 Å². The standard InChI is InChI=1S/C14H26/c1-6-10(2)11(3)7-8-12(4)14-9-13(14)5/h7-8,10-14H,6,9H2,1-5H3. The molecule has 0 heteroatoms. The Bertz CT molecular complexity index is 180. The summed E-state index contributed by atoms with van der Waals surface area (Å²) in [4.78, 5) is 0. The van der Waals surface area contributed by atoms with Gasteiger partial charge in [0, 0.05) is 0 Å². The third kappa shape index (κ3) is 3.15. The van der Waals surface area contributed by atoms with Crippen molar-refractivity contribution in [3.63, 3.8) is 0 Å². The Labute approximate surface area is 89.8 Å². The van der Waals surface area contributed by atoms with Crippen LogP contribution in [0.25, 0.3) is 0 Å². The minimum Gasteiger partial charge on any atom is -0.0852 e. The van der Waals surface area contributed by atoms with Crippen LogP contribution in [0, 0.1) is 29.6 Å². The van der Waals surface area contributed by atoms with Gasteiger partial charge in [0.2, 0.25) is 0 Å². The molecular weight excluding hydrogens is 168 g/mol. The van der Waals surface area contributed by atoms with Crippen LogP contribution >= 0.6 is 0 Å². The minimum atomic E-state index is 0.747. The van der Waals surface area contributed by atoms with Crippen molar-refractivity contribution in [2.24, 2.45) is 29.6 Å². The molecule has 5 atom stereocenters. The van der Waals surface area contributed by atoms with E-state index in [4.69, 9.17) is 0 Å². The lowest BCUT2D eigenvalue weighted by Gasteiger charge is -2.14. The zero-order valence-corrected chi connectivity index (χ0v) is 10.5. The maximum Gasteiger partial charge on any atom is -0.0231 e. The molecule has 0 saturated heterocycles. The van der Waals surface area contributed by atoms with E-state index in [1.807, 2.05) is 0 Å². The van der Waals surface area contributed by atoms with E-state index in [-0.39, 0.29) is 0 Å². The Kier molecular flexibility index (Phi) is 4.22. The van der Waals surface area contributed by atoms with Crippen molar-refractivity contribution >= 4 is 0 Å². The largest absolute Gasteiger partial charge is 0.0852 e. The third-order valence-corrected chi connectivity index (χ3v) is 4.11. The normalized spacial score (nSPS) is 32.9. The zero-order chi connectivity index (χ0) is 10.7. The van der Waals surface area contributed by atoms with E-state index in [1.54, 1.807) is 0 Å². The van der Waals surface area contributed by atoms with E-state index < -0.39 is 0 Å². The van der Waals surface area contributed by atoms with E-state index in [9.17, 15) is 0 Å². The van der Waals surface area contributed by atoms with E-state index >= 15 is 0 Å². The molecule has 0 bridgehead atoms. The van der Waals surface area contributed by atoms with E-state index in [2.05, 4.69) is 46.8 Å². The predicted octanol–water partition coefficient (Wildman–Crippen LogP) is 4.52. The van der Waals surface area contributed by atoms with Gasteiger partial charge in [-0.1, -0.05) is 53.2 Å². The van der Waals surface area contributed by atoms with Gasteiger partial charge in [-0.15, -0.1) is 0 Å². The molecule has 1 rings (SSSR count). The highest BCUT2D eigenvalue weighted by Gasteiger charge is 2.35. The van der Waals surface area contributed by atoms with Gasteiger partial charge in [0.1, 0.15) is 0 Å². The van der Waals surface area contributed by atoms with Gasteiger partial charge in [-0.25, -0.2) is 0 Å². The molecule has 0 aromatic rings. The molecule has 0 spiro atoms. The first-order chi connectivity index (χ1) is 6.56. The highest BCUT2D eigenvalue weighted by Crippen LogP contribution is 2.44. The smallest absolute Gasteiger partial charge is 0.0231 e. The summed E-state index contributed by atoms with van der Waals surface area (Å²) in [5.74, 6) is 4.34. The van der Waals surface area contributed by atoms with Crippen LogP contribution in [-0.4, -0.2) is 0 Å². The average Bonchev–Trinajstić information content (AvgIpc) is 2.90. The van der Waals surface area contributed by atoms with E-state index in [0.717, 1.165) is 29.6 Å². The maximum atomic E-state index is 2.45. The second-order valence-electron chi connectivity index (χ2n) is 5.37. The van der Waals surface area contributed by atoms with Gasteiger partial charge in [0.05, 0.1) is 0 Å². The van der Waals surface area contributed by atoms with Gasteiger partial charge < -0.3 is 0 Å². The Hall–Kier alpha value is -0.260. The molecule has 0 radical (unpaired) electrons. The first-order valence-corrected chi connectivity index (χ1v) is 6.24. The topological polar surface area (TPSA) is 0 Å². The van der Waals surface area contributed by atoms with Gasteiger partial charge in [-0.2, -0.15) is 0 Å². The van der Waals surface area contributed by atoms with Crippen LogP contribution in [0.3, 0.4) is 0 Å². The summed E-state index contributed by atoms with van der Waals surface area (Å²) in [6, 6.07) is 0. The highest BCUT2D eigenvalue weighted by molar-refractivity contribution is 4.99. The number of allylic oxidation sites excluding steroid dienone is 2. The zero-order valence-electron chi connectivity index (χ0n) is 10.5. The lowest BCUT2D eigenvalue weighted by molar-refractivity contribution is 0.442. The molecule has 0 N–H and O–H groups in total. The molecule has 0 aromatic heterocycles. The summed E-state index contributed by atoms with van der Waals surface area (Å²) in [6.07, 6.45) is 7.62. The quantitative estimate of drug-likeness (QED) is 0.565. The van der Waals surface area contributed by atoms with Crippen molar-refractivity contribution in [2.75, 3.05) is 0 Å². The molecule has 1 aliphatic carbocycles. The molecule has 82 valence electrons. The molecule has 0 aromatic carbocycles. The number of hydrogen-bond donors (Lipinski definition) is 0. The lowest BCUT2D eigenvalue weighted by atomic mass is 9.91. The summed E-state index contributed by atoms with van der Waals surface area (Å²) >= 11 is 0. The van der Waals surface area contributed by atoms with Gasteiger partial charge in [0.25, 0.3) is 0 Å². The molecule has 1 aliphatic rings. The molecule has 0 nitrogen and oxygen atoms in total. The second kappa shape index (κ2) is 5.00. The summed E-state index contributed by atoms with van der Waals surface area (Å²) in [5.41, 5.74) is 0. The Morgan fingerprint density at radius 1 is 1.21 bits per heavy atom. The average molecular weight is 194 g/mol. The Balaban J connectivity index is 2.31. The SMILES string of the molecule is CCC(C)C(C)C=CC(C)C1CC1C. The molecule has 1 fully saturated rings. The summed E-state index contributed by atoms with van der Waals surface area (Å²) in [7, 11) is 0. The van der Waals surface area contributed by atoms with Crippen LogP contribution in [0.1, 0.15) is 47.5 Å². The fraction of sp³-hybridized carbons (Fsp3) is 0.857. The predicted molar refractivity (Wildman–Crippen MR) is 64.2 cm³/mol. The van der Waals surface area contributed by atoms with Gasteiger partial charge in [-0.05, 0) is 36.0 Å². The Morgan fingerprint density at radius 3 is 2.21 bits per heavy atom. The number of rotatable bonds is 5. The first kappa shape index (κ1) is 11.8.